The summed E-state index contributed by atoms with van der Waals surface area (Å²) in [6.07, 6.45) is -0.164. The van der Waals surface area contributed by atoms with E-state index in [0.717, 1.165) is 5.56 Å². The fourth-order valence-electron chi connectivity index (χ4n) is 2.47. The van der Waals surface area contributed by atoms with E-state index in [0.29, 0.717) is 16.2 Å². The van der Waals surface area contributed by atoms with Crippen molar-refractivity contribution >= 4 is 16.2 Å². The van der Waals surface area contributed by atoms with Gasteiger partial charge in [0.2, 0.25) is 0 Å². The van der Waals surface area contributed by atoms with Gasteiger partial charge in [-0.3, -0.25) is 10.1 Å². The van der Waals surface area contributed by atoms with Crippen molar-refractivity contribution in [2.75, 3.05) is 0 Å². The Bertz CT molecular complexity index is 523. The molecule has 21 heavy (non-hydrogen) atoms. The van der Waals surface area contributed by atoms with Crippen LogP contribution in [0, 0.1) is 22.5 Å². The maximum Gasteiger partial charge on any atom is 0.269 e. The first kappa shape index (κ1) is 17.6. The minimum atomic E-state index is -0.418. The number of ether oxygens (including phenoxy) is 1. The highest BCUT2D eigenvalue weighted by Gasteiger charge is 2.40. The molecule has 1 aromatic rings. The Hall–Kier alpha value is -1.40. The molecular weight excluding hydrogens is 286 g/mol. The summed E-state index contributed by atoms with van der Waals surface area (Å²) in [7, 11) is 0.621. The van der Waals surface area contributed by atoms with Gasteiger partial charge in [-0.1, -0.05) is 20.8 Å². The number of hydrogen-bond acceptors (Lipinski definition) is 4. The first-order chi connectivity index (χ1) is 9.49. The summed E-state index contributed by atoms with van der Waals surface area (Å²) in [5, 5.41) is 10.8. The fraction of sp³-hybridized carbons (Fsp3) is 0.600. The molecule has 1 rings (SSSR count). The molecule has 1 atom stereocenters. The Kier molecular flexibility index (Phi) is 5.17. The van der Waals surface area contributed by atoms with Crippen molar-refractivity contribution in [1.82, 2.24) is 0 Å². The minimum Gasteiger partial charge on any atom is -0.487 e. The average Bonchev–Trinajstić information content (AvgIpc) is 2.35. The third-order valence-electron chi connectivity index (χ3n) is 3.56. The smallest absolute Gasteiger partial charge is 0.269 e. The van der Waals surface area contributed by atoms with Gasteiger partial charge in [0.15, 0.2) is 0 Å². The number of benzene rings is 1. The zero-order valence-corrected chi connectivity index (χ0v) is 15.9. The van der Waals surface area contributed by atoms with E-state index >= 15 is 0 Å². The summed E-state index contributed by atoms with van der Waals surface area (Å²) in [5.41, 5.74) is 0.286. The lowest BCUT2D eigenvalue weighted by Gasteiger charge is -2.42. The lowest BCUT2D eigenvalue weighted by atomic mass is 9.80. The number of nitro benzene ring substituents is 1. The van der Waals surface area contributed by atoms with Crippen LogP contribution >= 0.6 is 0 Å². The van der Waals surface area contributed by atoms with Gasteiger partial charge in [0, 0.05) is 17.5 Å². The third kappa shape index (κ3) is 4.28. The number of non-ortho nitro benzene ring substituents is 1. The number of nitrogens with zero attached hydrogens (tertiary/aromatic N) is 1. The van der Waals surface area contributed by atoms with Crippen LogP contribution in [0.5, 0.6) is 5.75 Å². The predicted octanol–water partition coefficient (Wildman–Crippen LogP) is 2.77. The van der Waals surface area contributed by atoms with Gasteiger partial charge in [-0.05, 0) is 32.4 Å². The SMILES string of the molecule is Cc1cc([N+](=O)[O-])ccc1OC(C(C)(C)C)C(C)(C)O[SiH3]. The third-order valence-corrected chi connectivity index (χ3v) is 4.61. The van der Waals surface area contributed by atoms with Gasteiger partial charge in [0.1, 0.15) is 22.3 Å². The maximum atomic E-state index is 10.8. The summed E-state index contributed by atoms with van der Waals surface area (Å²) in [4.78, 5) is 10.4. The molecular formula is C15H25NO4Si. The van der Waals surface area contributed by atoms with E-state index in [1.165, 1.54) is 12.1 Å². The van der Waals surface area contributed by atoms with Gasteiger partial charge in [0.25, 0.3) is 5.69 Å². The van der Waals surface area contributed by atoms with Crippen molar-refractivity contribution in [2.45, 2.75) is 53.2 Å². The molecule has 0 heterocycles. The molecule has 118 valence electrons. The van der Waals surface area contributed by atoms with Gasteiger partial charge in [-0.15, -0.1) is 0 Å². The molecule has 0 bridgehead atoms. The number of nitro groups is 1. The Labute approximate surface area is 129 Å². The molecule has 0 aliphatic carbocycles. The predicted molar refractivity (Wildman–Crippen MR) is 86.8 cm³/mol. The lowest BCUT2D eigenvalue weighted by Crippen LogP contribution is -2.50. The highest BCUT2D eigenvalue weighted by Crippen LogP contribution is 2.35. The number of aryl methyl sites for hydroxylation is 1. The van der Waals surface area contributed by atoms with E-state index in [2.05, 4.69) is 20.8 Å². The van der Waals surface area contributed by atoms with Gasteiger partial charge in [-0.2, -0.15) is 0 Å². The molecule has 0 aromatic heterocycles. The molecule has 1 aromatic carbocycles. The summed E-state index contributed by atoms with van der Waals surface area (Å²) in [6, 6.07) is 4.66. The molecule has 6 heteroatoms. The molecule has 0 amide bonds. The Balaban J connectivity index is 3.14. The van der Waals surface area contributed by atoms with E-state index in [1.54, 1.807) is 6.07 Å². The Morgan fingerprint density at radius 1 is 1.24 bits per heavy atom. The van der Waals surface area contributed by atoms with Gasteiger partial charge in [-0.25, -0.2) is 0 Å². The quantitative estimate of drug-likeness (QED) is 0.476. The molecule has 0 N–H and O–H groups in total. The van der Waals surface area contributed by atoms with Crippen LogP contribution in [0.4, 0.5) is 5.69 Å². The fourth-order valence-corrected chi connectivity index (χ4v) is 2.69. The van der Waals surface area contributed by atoms with Gasteiger partial charge >= 0.3 is 0 Å². The van der Waals surface area contributed by atoms with E-state index in [9.17, 15) is 10.1 Å². The minimum absolute atomic E-state index is 0.0746. The van der Waals surface area contributed by atoms with Crippen molar-refractivity contribution in [2.24, 2.45) is 5.41 Å². The average molecular weight is 311 g/mol. The van der Waals surface area contributed by atoms with E-state index in [-0.39, 0.29) is 17.2 Å². The molecule has 0 aliphatic heterocycles. The number of rotatable bonds is 5. The molecule has 0 fully saturated rings. The second-order valence-corrected chi connectivity index (χ2v) is 7.29. The normalized spacial score (nSPS) is 14.0. The van der Waals surface area contributed by atoms with Crippen LogP contribution in [-0.4, -0.2) is 27.1 Å². The van der Waals surface area contributed by atoms with Crippen LogP contribution in [0.15, 0.2) is 18.2 Å². The van der Waals surface area contributed by atoms with Crippen LogP contribution in [0.25, 0.3) is 0 Å². The zero-order valence-electron chi connectivity index (χ0n) is 13.9. The highest BCUT2D eigenvalue weighted by molar-refractivity contribution is 5.98. The summed E-state index contributed by atoms with van der Waals surface area (Å²) >= 11 is 0. The summed E-state index contributed by atoms with van der Waals surface area (Å²) in [6.45, 7) is 12.1. The lowest BCUT2D eigenvalue weighted by molar-refractivity contribution is -0.384. The standard InChI is InChI=1S/C15H25NO4Si/c1-10-9-11(16(17)18)7-8-12(10)19-13(14(2,3)4)15(5,6)20-21/h7-9,13H,1-6,21H3. The van der Waals surface area contributed by atoms with Crippen LogP contribution in [-0.2, 0) is 4.43 Å². The molecule has 0 saturated carbocycles. The van der Waals surface area contributed by atoms with E-state index in [4.69, 9.17) is 9.16 Å². The summed E-state index contributed by atoms with van der Waals surface area (Å²) < 4.78 is 11.9. The van der Waals surface area contributed by atoms with Crippen molar-refractivity contribution in [3.8, 4) is 5.75 Å². The molecule has 0 spiro atoms. The van der Waals surface area contributed by atoms with Crippen LogP contribution in [0.1, 0.15) is 40.2 Å². The van der Waals surface area contributed by atoms with Crippen molar-refractivity contribution in [3.63, 3.8) is 0 Å². The number of hydrogen-bond donors (Lipinski definition) is 0. The molecule has 0 aliphatic rings. The monoisotopic (exact) mass is 311 g/mol. The van der Waals surface area contributed by atoms with Crippen LogP contribution in [0.3, 0.4) is 0 Å². The van der Waals surface area contributed by atoms with E-state index in [1.807, 2.05) is 20.8 Å². The Morgan fingerprint density at radius 3 is 2.19 bits per heavy atom. The first-order valence-corrected chi connectivity index (χ1v) is 7.77. The van der Waals surface area contributed by atoms with Gasteiger partial charge in [0.05, 0.1) is 10.5 Å². The second-order valence-electron chi connectivity index (χ2n) is 6.88. The first-order valence-electron chi connectivity index (χ1n) is 6.96. The zero-order chi connectivity index (χ0) is 16.4. The second kappa shape index (κ2) is 6.15. The molecule has 0 saturated heterocycles. The van der Waals surface area contributed by atoms with Crippen LogP contribution < -0.4 is 4.74 Å². The van der Waals surface area contributed by atoms with Gasteiger partial charge < -0.3 is 9.16 Å². The van der Waals surface area contributed by atoms with Crippen molar-refractivity contribution in [3.05, 3.63) is 33.9 Å². The summed E-state index contributed by atoms with van der Waals surface area (Å²) in [5.74, 6) is 0.660. The topological polar surface area (TPSA) is 61.6 Å². The van der Waals surface area contributed by atoms with Crippen LogP contribution in [0.2, 0.25) is 0 Å². The van der Waals surface area contributed by atoms with E-state index < -0.39 is 10.5 Å². The highest BCUT2D eigenvalue weighted by atomic mass is 28.2. The molecule has 5 nitrogen and oxygen atoms in total. The maximum absolute atomic E-state index is 10.8. The molecule has 0 radical (unpaired) electrons. The van der Waals surface area contributed by atoms with Crippen molar-refractivity contribution < 1.29 is 14.1 Å². The molecule has 1 unspecified atom stereocenters. The van der Waals surface area contributed by atoms with Crippen molar-refractivity contribution in [1.29, 1.82) is 0 Å². The Morgan fingerprint density at radius 2 is 1.81 bits per heavy atom. The largest absolute Gasteiger partial charge is 0.487 e.